The summed E-state index contributed by atoms with van der Waals surface area (Å²) < 4.78 is 1.53. The number of nitrogens with two attached hydrogens (primary N) is 1. The van der Waals surface area contributed by atoms with Crippen molar-refractivity contribution in [2.75, 3.05) is 5.73 Å². The number of nitrogens with one attached hydrogen (secondary N) is 1. The van der Waals surface area contributed by atoms with Crippen LogP contribution in [0.5, 0.6) is 0 Å². The van der Waals surface area contributed by atoms with E-state index in [1.54, 1.807) is 20.8 Å². The van der Waals surface area contributed by atoms with Gasteiger partial charge in [0.25, 0.3) is 5.91 Å². The Labute approximate surface area is 101 Å². The summed E-state index contributed by atoms with van der Waals surface area (Å²) in [5.74, 6) is -0.326. The molecule has 0 aliphatic rings. The van der Waals surface area contributed by atoms with Crippen LogP contribution in [0.1, 0.15) is 38.2 Å². The molecule has 0 saturated carbocycles. The molecule has 0 aromatic carbocycles. The lowest BCUT2D eigenvalue weighted by molar-refractivity contribution is 0.0701. The van der Waals surface area contributed by atoms with Crippen molar-refractivity contribution in [1.29, 1.82) is 0 Å². The van der Waals surface area contributed by atoms with Gasteiger partial charge in [0.05, 0.1) is 23.5 Å². The van der Waals surface area contributed by atoms with Crippen LogP contribution in [0, 0.1) is 0 Å². The zero-order valence-electron chi connectivity index (χ0n) is 10.7. The van der Waals surface area contributed by atoms with Crippen molar-refractivity contribution < 1.29 is 9.90 Å². The van der Waals surface area contributed by atoms with Crippen LogP contribution in [0.4, 0.5) is 5.69 Å². The van der Waals surface area contributed by atoms with Crippen LogP contribution in [-0.4, -0.2) is 32.4 Å². The van der Waals surface area contributed by atoms with Crippen molar-refractivity contribution >= 4 is 11.6 Å². The normalized spacial score (nSPS) is 13.5. The monoisotopic (exact) mass is 240 g/mol. The second-order valence-electron chi connectivity index (χ2n) is 4.62. The Hall–Kier alpha value is -1.56. The number of rotatable bonds is 4. The predicted octanol–water partition coefficient (Wildman–Crippen LogP) is 0.374. The van der Waals surface area contributed by atoms with Gasteiger partial charge < -0.3 is 16.2 Å². The molecule has 0 bridgehead atoms. The molecule has 4 N–H and O–H groups in total. The van der Waals surface area contributed by atoms with Crippen molar-refractivity contribution in [3.8, 4) is 0 Å². The van der Waals surface area contributed by atoms with E-state index in [0.29, 0.717) is 17.9 Å². The first-order chi connectivity index (χ1) is 7.79. The summed E-state index contributed by atoms with van der Waals surface area (Å²) in [6, 6.07) is 0. The highest BCUT2D eigenvalue weighted by molar-refractivity contribution is 5.97. The molecular weight excluding hydrogens is 220 g/mol. The van der Waals surface area contributed by atoms with E-state index in [9.17, 15) is 9.90 Å². The van der Waals surface area contributed by atoms with Crippen molar-refractivity contribution in [3.05, 3.63) is 11.9 Å². The molecule has 96 valence electrons. The predicted molar refractivity (Wildman–Crippen MR) is 65.5 cm³/mol. The number of aromatic nitrogens is 2. The van der Waals surface area contributed by atoms with Crippen LogP contribution < -0.4 is 11.1 Å². The van der Waals surface area contributed by atoms with Gasteiger partial charge >= 0.3 is 0 Å². The van der Waals surface area contributed by atoms with E-state index in [0.717, 1.165) is 0 Å². The standard InChI is InChI=1S/C11H20N4O2/c1-5-15-9(8(12)6-13-15)10(17)14-11(3,4)7(2)16/h6-7,16H,5,12H2,1-4H3,(H,14,17). The molecular formula is C11H20N4O2. The highest BCUT2D eigenvalue weighted by atomic mass is 16.3. The Morgan fingerprint density at radius 2 is 2.29 bits per heavy atom. The fourth-order valence-electron chi connectivity index (χ4n) is 1.34. The van der Waals surface area contributed by atoms with Gasteiger partial charge in [0.2, 0.25) is 0 Å². The molecule has 1 aromatic heterocycles. The van der Waals surface area contributed by atoms with Gasteiger partial charge in [-0.1, -0.05) is 0 Å². The molecule has 0 saturated heterocycles. The zero-order valence-corrected chi connectivity index (χ0v) is 10.7. The summed E-state index contributed by atoms with van der Waals surface area (Å²) in [6.45, 7) is 7.57. The molecule has 6 nitrogen and oxygen atoms in total. The van der Waals surface area contributed by atoms with Crippen LogP contribution >= 0.6 is 0 Å². The van der Waals surface area contributed by atoms with Crippen LogP contribution in [0.25, 0.3) is 0 Å². The van der Waals surface area contributed by atoms with E-state index in [1.165, 1.54) is 10.9 Å². The molecule has 0 radical (unpaired) electrons. The number of amides is 1. The maximum Gasteiger partial charge on any atom is 0.272 e. The summed E-state index contributed by atoms with van der Waals surface area (Å²) >= 11 is 0. The lowest BCUT2D eigenvalue weighted by atomic mass is 9.98. The quantitative estimate of drug-likeness (QED) is 0.709. The number of hydrogen-bond acceptors (Lipinski definition) is 4. The number of carbonyl (C=O) groups is 1. The number of aryl methyl sites for hydroxylation is 1. The highest BCUT2D eigenvalue weighted by Crippen LogP contribution is 2.14. The van der Waals surface area contributed by atoms with Crippen molar-refractivity contribution in [1.82, 2.24) is 15.1 Å². The molecule has 17 heavy (non-hydrogen) atoms. The fraction of sp³-hybridized carbons (Fsp3) is 0.636. The second-order valence-corrected chi connectivity index (χ2v) is 4.62. The molecule has 0 aliphatic heterocycles. The van der Waals surface area contributed by atoms with E-state index in [2.05, 4.69) is 10.4 Å². The molecule has 1 atom stereocenters. The highest BCUT2D eigenvalue weighted by Gasteiger charge is 2.28. The van der Waals surface area contributed by atoms with Crippen LogP contribution in [0.3, 0.4) is 0 Å². The van der Waals surface area contributed by atoms with Gasteiger partial charge in [0.15, 0.2) is 0 Å². The van der Waals surface area contributed by atoms with Gasteiger partial charge in [-0.2, -0.15) is 5.10 Å². The van der Waals surface area contributed by atoms with Gasteiger partial charge in [-0.3, -0.25) is 9.48 Å². The van der Waals surface area contributed by atoms with Crippen LogP contribution in [-0.2, 0) is 6.54 Å². The minimum atomic E-state index is -0.716. The molecule has 0 fully saturated rings. The first-order valence-corrected chi connectivity index (χ1v) is 5.61. The topological polar surface area (TPSA) is 93.2 Å². The molecule has 0 spiro atoms. The third kappa shape index (κ3) is 2.76. The third-order valence-electron chi connectivity index (χ3n) is 2.86. The fourth-order valence-corrected chi connectivity index (χ4v) is 1.34. The van der Waals surface area contributed by atoms with E-state index < -0.39 is 11.6 Å². The van der Waals surface area contributed by atoms with Crippen LogP contribution in [0.2, 0.25) is 0 Å². The van der Waals surface area contributed by atoms with Gasteiger partial charge in [0, 0.05) is 6.54 Å². The molecule has 1 unspecified atom stereocenters. The number of carbonyl (C=O) groups excluding carboxylic acids is 1. The number of nitrogens with zero attached hydrogens (tertiary/aromatic N) is 2. The minimum Gasteiger partial charge on any atom is -0.396 e. The number of anilines is 1. The summed E-state index contributed by atoms with van der Waals surface area (Å²) in [4.78, 5) is 12.1. The number of aliphatic hydroxyl groups is 1. The summed E-state index contributed by atoms with van der Waals surface area (Å²) in [5.41, 5.74) is 5.66. The van der Waals surface area contributed by atoms with Gasteiger partial charge in [-0.05, 0) is 27.7 Å². The minimum absolute atomic E-state index is 0.326. The van der Waals surface area contributed by atoms with Crippen LogP contribution in [0.15, 0.2) is 6.20 Å². The van der Waals surface area contributed by atoms with E-state index in [-0.39, 0.29) is 5.91 Å². The maximum absolute atomic E-state index is 12.1. The average molecular weight is 240 g/mol. The average Bonchev–Trinajstić information content (AvgIpc) is 2.58. The second kappa shape index (κ2) is 4.75. The first kappa shape index (κ1) is 13.5. The Bertz CT molecular complexity index is 410. The largest absolute Gasteiger partial charge is 0.396 e. The first-order valence-electron chi connectivity index (χ1n) is 5.61. The number of nitrogen functional groups attached to an aromatic ring is 1. The van der Waals surface area contributed by atoms with Crippen molar-refractivity contribution in [2.24, 2.45) is 0 Å². The summed E-state index contributed by atoms with van der Waals surface area (Å²) in [7, 11) is 0. The molecule has 1 aromatic rings. The van der Waals surface area contributed by atoms with Gasteiger partial charge in [0.1, 0.15) is 5.69 Å². The van der Waals surface area contributed by atoms with Gasteiger partial charge in [-0.25, -0.2) is 0 Å². The van der Waals surface area contributed by atoms with E-state index >= 15 is 0 Å². The van der Waals surface area contributed by atoms with E-state index in [4.69, 9.17) is 5.73 Å². The van der Waals surface area contributed by atoms with Gasteiger partial charge in [-0.15, -0.1) is 0 Å². The molecule has 1 heterocycles. The molecule has 6 heteroatoms. The smallest absolute Gasteiger partial charge is 0.272 e. The zero-order chi connectivity index (χ0) is 13.2. The van der Waals surface area contributed by atoms with E-state index in [1.807, 2.05) is 6.92 Å². The molecule has 0 aliphatic carbocycles. The Balaban J connectivity index is 2.94. The summed E-state index contributed by atoms with van der Waals surface area (Å²) in [6.07, 6.45) is 0.791. The molecule has 1 rings (SSSR count). The van der Waals surface area contributed by atoms with Crippen molar-refractivity contribution in [2.45, 2.75) is 45.9 Å². The Morgan fingerprint density at radius 3 is 2.76 bits per heavy atom. The SMILES string of the molecule is CCn1ncc(N)c1C(=O)NC(C)(C)C(C)O. The Morgan fingerprint density at radius 1 is 1.71 bits per heavy atom. The number of aliphatic hydroxyl groups excluding tert-OH is 1. The lowest BCUT2D eigenvalue weighted by Gasteiger charge is -2.29. The summed E-state index contributed by atoms with van der Waals surface area (Å²) in [5, 5.41) is 16.3. The number of hydrogen-bond donors (Lipinski definition) is 3. The lowest BCUT2D eigenvalue weighted by Crippen LogP contribution is -2.51. The maximum atomic E-state index is 12.1. The third-order valence-corrected chi connectivity index (χ3v) is 2.86. The Kier molecular flexibility index (Phi) is 3.77. The van der Waals surface area contributed by atoms with Crippen molar-refractivity contribution in [3.63, 3.8) is 0 Å². The molecule has 1 amide bonds.